The summed E-state index contributed by atoms with van der Waals surface area (Å²) in [7, 11) is 1.91. The molecule has 4 rings (SSSR count). The van der Waals surface area contributed by atoms with Crippen molar-refractivity contribution in [3.63, 3.8) is 0 Å². The topological polar surface area (TPSA) is 46.4 Å². The first-order chi connectivity index (χ1) is 13.7. The third kappa shape index (κ3) is 3.90. The minimum atomic E-state index is -4.58. The Balaban J connectivity index is 1.65. The van der Waals surface area contributed by atoms with Crippen LogP contribution < -0.4 is 5.32 Å². The van der Waals surface area contributed by atoms with Crippen LogP contribution in [0.5, 0.6) is 0 Å². The Labute approximate surface area is 173 Å². The third-order valence-electron chi connectivity index (χ3n) is 4.35. The number of halogens is 4. The number of amides is 1. The number of nitrogens with one attached hydrogen (secondary N) is 1. The van der Waals surface area contributed by atoms with Gasteiger partial charge in [-0.15, -0.1) is 0 Å². The van der Waals surface area contributed by atoms with Crippen molar-refractivity contribution >= 4 is 57.1 Å². The molecule has 1 amide bonds. The number of carbonyl (C=O) groups excluding carboxylic acids is 1. The highest BCUT2D eigenvalue weighted by Crippen LogP contribution is 2.37. The molecule has 148 valence electrons. The normalized spacial score (nSPS) is 17.5. The Morgan fingerprint density at radius 2 is 1.97 bits per heavy atom. The Morgan fingerprint density at radius 1 is 1.21 bits per heavy atom. The van der Waals surface area contributed by atoms with E-state index in [1.54, 1.807) is 6.08 Å². The van der Waals surface area contributed by atoms with Gasteiger partial charge in [-0.1, -0.05) is 29.8 Å². The lowest BCUT2D eigenvalue weighted by atomic mass is 10.1. The molecule has 1 aliphatic rings. The number of nitrogens with zero attached hydrogens (tertiary/aromatic N) is 2. The van der Waals surface area contributed by atoms with Gasteiger partial charge in [0.25, 0.3) is 5.91 Å². The molecule has 0 bridgehead atoms. The SMILES string of the molecule is Cn1cc(C=C2SC(=Nc3ccc(Cl)c(C(F)(F)F)c3)NC2=O)c2ccccc21. The summed E-state index contributed by atoms with van der Waals surface area (Å²) in [6.45, 7) is 0. The molecule has 0 spiro atoms. The maximum Gasteiger partial charge on any atom is 0.417 e. The fourth-order valence-electron chi connectivity index (χ4n) is 3.03. The van der Waals surface area contributed by atoms with Crippen LogP contribution in [0.15, 0.2) is 58.6 Å². The van der Waals surface area contributed by atoms with Gasteiger partial charge in [-0.25, -0.2) is 4.99 Å². The summed E-state index contributed by atoms with van der Waals surface area (Å²) in [6, 6.07) is 11.1. The van der Waals surface area contributed by atoms with Gasteiger partial charge in [0.1, 0.15) is 0 Å². The summed E-state index contributed by atoms with van der Waals surface area (Å²) in [4.78, 5) is 16.8. The van der Waals surface area contributed by atoms with Crippen molar-refractivity contribution in [1.29, 1.82) is 0 Å². The predicted molar refractivity (Wildman–Crippen MR) is 110 cm³/mol. The number of aryl methyl sites for hydroxylation is 1. The van der Waals surface area contributed by atoms with E-state index in [1.807, 2.05) is 42.1 Å². The van der Waals surface area contributed by atoms with Gasteiger partial charge in [-0.2, -0.15) is 13.2 Å². The van der Waals surface area contributed by atoms with Crippen molar-refractivity contribution in [2.45, 2.75) is 6.18 Å². The van der Waals surface area contributed by atoms with Crippen molar-refractivity contribution in [3.05, 3.63) is 69.7 Å². The number of rotatable bonds is 2. The van der Waals surface area contributed by atoms with Crippen LogP contribution in [0.25, 0.3) is 17.0 Å². The first kappa shape index (κ1) is 19.6. The highest BCUT2D eigenvalue weighted by Gasteiger charge is 2.33. The summed E-state index contributed by atoms with van der Waals surface area (Å²) >= 11 is 6.70. The van der Waals surface area contributed by atoms with Crippen LogP contribution in [0.4, 0.5) is 18.9 Å². The van der Waals surface area contributed by atoms with Crippen LogP contribution >= 0.6 is 23.4 Å². The van der Waals surface area contributed by atoms with Crippen LogP contribution in [0.3, 0.4) is 0 Å². The van der Waals surface area contributed by atoms with E-state index < -0.39 is 16.8 Å². The van der Waals surface area contributed by atoms with Crippen LogP contribution in [0.1, 0.15) is 11.1 Å². The Morgan fingerprint density at radius 3 is 2.72 bits per heavy atom. The Kier molecular flexibility index (Phi) is 4.92. The molecule has 29 heavy (non-hydrogen) atoms. The zero-order chi connectivity index (χ0) is 20.8. The molecule has 0 atom stereocenters. The molecule has 2 heterocycles. The number of carbonyl (C=O) groups is 1. The minimum absolute atomic E-state index is 0.0518. The number of aromatic nitrogens is 1. The number of thioether (sulfide) groups is 1. The number of aliphatic imine (C=N–C) groups is 1. The largest absolute Gasteiger partial charge is 0.417 e. The van der Waals surface area contributed by atoms with Crippen molar-refractivity contribution in [3.8, 4) is 0 Å². The number of benzene rings is 2. The summed E-state index contributed by atoms with van der Waals surface area (Å²) < 4.78 is 41.0. The van der Waals surface area contributed by atoms with E-state index in [-0.39, 0.29) is 16.8 Å². The molecule has 2 aromatic carbocycles. The summed E-state index contributed by atoms with van der Waals surface area (Å²) in [5, 5.41) is 3.38. The second-order valence-electron chi connectivity index (χ2n) is 6.36. The van der Waals surface area contributed by atoms with Crippen molar-refractivity contribution in [2.75, 3.05) is 0 Å². The molecular weight excluding hydrogens is 423 g/mol. The van der Waals surface area contributed by atoms with E-state index in [0.29, 0.717) is 4.91 Å². The molecule has 1 aromatic heterocycles. The number of alkyl halides is 3. The number of fused-ring (bicyclic) bond motifs is 1. The van der Waals surface area contributed by atoms with Gasteiger partial charge in [0.2, 0.25) is 0 Å². The van der Waals surface area contributed by atoms with Gasteiger partial charge >= 0.3 is 6.18 Å². The van der Waals surface area contributed by atoms with E-state index in [2.05, 4.69) is 10.3 Å². The monoisotopic (exact) mass is 435 g/mol. The van der Waals surface area contributed by atoms with Gasteiger partial charge < -0.3 is 9.88 Å². The van der Waals surface area contributed by atoms with Crippen LogP contribution in [0.2, 0.25) is 5.02 Å². The second-order valence-corrected chi connectivity index (χ2v) is 7.79. The molecule has 4 nitrogen and oxygen atoms in total. The van der Waals surface area contributed by atoms with Crippen molar-refractivity contribution < 1.29 is 18.0 Å². The van der Waals surface area contributed by atoms with Crippen LogP contribution in [-0.2, 0) is 18.0 Å². The van der Waals surface area contributed by atoms with E-state index in [1.165, 1.54) is 6.07 Å². The first-order valence-electron chi connectivity index (χ1n) is 8.43. The van der Waals surface area contributed by atoms with Crippen LogP contribution in [-0.4, -0.2) is 15.6 Å². The third-order valence-corrected chi connectivity index (χ3v) is 5.59. The molecule has 0 radical (unpaired) electrons. The lowest BCUT2D eigenvalue weighted by molar-refractivity contribution is -0.137. The molecule has 0 aliphatic carbocycles. The number of hydrogen-bond acceptors (Lipinski definition) is 3. The lowest BCUT2D eigenvalue weighted by Crippen LogP contribution is -2.19. The summed E-state index contributed by atoms with van der Waals surface area (Å²) in [5.74, 6) is -0.355. The number of amidine groups is 1. The highest BCUT2D eigenvalue weighted by molar-refractivity contribution is 8.18. The van der Waals surface area contributed by atoms with E-state index in [4.69, 9.17) is 11.6 Å². The predicted octanol–water partition coefficient (Wildman–Crippen LogP) is 5.74. The summed E-state index contributed by atoms with van der Waals surface area (Å²) in [6.07, 6.45) is -0.928. The molecule has 1 saturated heterocycles. The maximum atomic E-state index is 13.0. The summed E-state index contributed by atoms with van der Waals surface area (Å²) in [5.41, 5.74) is 0.975. The Bertz CT molecular complexity index is 1200. The zero-order valence-electron chi connectivity index (χ0n) is 14.9. The van der Waals surface area contributed by atoms with Crippen molar-refractivity contribution in [1.82, 2.24) is 9.88 Å². The van der Waals surface area contributed by atoms with E-state index in [0.717, 1.165) is 40.4 Å². The maximum absolute atomic E-state index is 13.0. The van der Waals surface area contributed by atoms with Gasteiger partial charge in [-0.3, -0.25) is 4.79 Å². The van der Waals surface area contributed by atoms with Gasteiger partial charge in [-0.05, 0) is 42.1 Å². The number of para-hydroxylation sites is 1. The van der Waals surface area contributed by atoms with Crippen molar-refractivity contribution in [2.24, 2.45) is 12.0 Å². The quantitative estimate of drug-likeness (QED) is 0.521. The molecule has 3 aromatic rings. The lowest BCUT2D eigenvalue weighted by Gasteiger charge is -2.09. The smallest absolute Gasteiger partial charge is 0.350 e. The first-order valence-corrected chi connectivity index (χ1v) is 9.62. The highest BCUT2D eigenvalue weighted by atomic mass is 35.5. The van der Waals surface area contributed by atoms with Gasteiger partial charge in [0, 0.05) is 29.7 Å². The van der Waals surface area contributed by atoms with Crippen LogP contribution in [0, 0.1) is 0 Å². The molecule has 0 unspecified atom stereocenters. The average molecular weight is 436 g/mol. The molecule has 9 heteroatoms. The zero-order valence-corrected chi connectivity index (χ0v) is 16.5. The van der Waals surface area contributed by atoms with Gasteiger partial charge in [0.15, 0.2) is 5.17 Å². The molecule has 1 N–H and O–H groups in total. The number of hydrogen-bond donors (Lipinski definition) is 1. The fraction of sp³-hybridized carbons (Fsp3) is 0.100. The standard InChI is InChI=1S/C20H13ClF3N3OS/c1-27-10-11(13-4-2-3-5-16(13)27)8-17-18(28)26-19(29-17)25-12-6-7-15(21)14(9-12)20(22,23)24/h2-10H,1H3,(H,25,26,28). The molecule has 1 fully saturated rings. The Hall–Kier alpha value is -2.71. The van der Waals surface area contributed by atoms with E-state index in [9.17, 15) is 18.0 Å². The molecule has 0 saturated carbocycles. The fourth-order valence-corrected chi connectivity index (χ4v) is 4.08. The van der Waals surface area contributed by atoms with Gasteiger partial charge in [0.05, 0.1) is 21.2 Å². The van der Waals surface area contributed by atoms with E-state index >= 15 is 0 Å². The molecular formula is C20H13ClF3N3OS. The second kappa shape index (κ2) is 7.27. The minimum Gasteiger partial charge on any atom is -0.350 e. The molecule has 1 aliphatic heterocycles. The average Bonchev–Trinajstić information content (AvgIpc) is 3.16.